The van der Waals surface area contributed by atoms with Gasteiger partial charge in [0.15, 0.2) is 0 Å². The van der Waals surface area contributed by atoms with Crippen LogP contribution < -0.4 is 20.7 Å². The maximum Gasteiger partial charge on any atom is 0.254 e. The topological polar surface area (TPSA) is 79.5 Å². The van der Waals surface area contributed by atoms with Crippen LogP contribution >= 0.6 is 0 Å². The van der Waals surface area contributed by atoms with Crippen LogP contribution in [0, 0.1) is 11.8 Å². The summed E-state index contributed by atoms with van der Waals surface area (Å²) in [7, 11) is 1.58. The van der Waals surface area contributed by atoms with E-state index >= 15 is 0 Å². The zero-order chi connectivity index (χ0) is 17.0. The molecule has 2 amide bonds. The number of benzene rings is 1. The SMILES string of the molecule is CNC(=O)c1cc(C(=O)NC2[C@H]3CNC[C@@H]23)cc2c1O[C@H](C)[C@H]2C. The summed E-state index contributed by atoms with van der Waals surface area (Å²) in [4.78, 5) is 24.9. The summed E-state index contributed by atoms with van der Waals surface area (Å²) in [5.41, 5.74) is 1.91. The molecule has 0 radical (unpaired) electrons. The number of nitrogens with one attached hydrogen (secondary N) is 3. The van der Waals surface area contributed by atoms with Crippen LogP contribution in [0.4, 0.5) is 0 Å². The molecule has 6 heteroatoms. The van der Waals surface area contributed by atoms with E-state index in [0.717, 1.165) is 18.7 Å². The van der Waals surface area contributed by atoms with E-state index < -0.39 is 0 Å². The molecule has 1 saturated heterocycles. The molecule has 1 aromatic carbocycles. The Morgan fingerprint density at radius 3 is 2.54 bits per heavy atom. The lowest BCUT2D eigenvalue weighted by Crippen LogP contribution is -2.32. The largest absolute Gasteiger partial charge is 0.489 e. The van der Waals surface area contributed by atoms with Gasteiger partial charge < -0.3 is 20.7 Å². The molecule has 1 aromatic rings. The lowest BCUT2D eigenvalue weighted by atomic mass is 9.94. The molecule has 1 saturated carbocycles. The van der Waals surface area contributed by atoms with Crippen molar-refractivity contribution < 1.29 is 14.3 Å². The van der Waals surface area contributed by atoms with Gasteiger partial charge in [-0.2, -0.15) is 0 Å². The summed E-state index contributed by atoms with van der Waals surface area (Å²) in [5, 5.41) is 9.08. The van der Waals surface area contributed by atoms with Crippen LogP contribution in [0.2, 0.25) is 0 Å². The van der Waals surface area contributed by atoms with Crippen LogP contribution in [0.3, 0.4) is 0 Å². The van der Waals surface area contributed by atoms with Gasteiger partial charge in [0, 0.05) is 43.2 Å². The number of fused-ring (bicyclic) bond motifs is 2. The van der Waals surface area contributed by atoms with E-state index in [2.05, 4.69) is 22.9 Å². The molecule has 24 heavy (non-hydrogen) atoms. The standard InChI is InChI=1S/C18H23N3O3/c1-8-9(2)24-16-11(8)4-10(5-12(16)18(23)19-3)17(22)21-15-13-6-20-7-14(13)15/h4-5,8-9,13-15,20H,6-7H2,1-3H3,(H,19,23)(H,21,22)/t8-,9-,13-,14+,15?/m1/s1. The maximum absolute atomic E-state index is 12.7. The van der Waals surface area contributed by atoms with E-state index in [1.807, 2.05) is 13.0 Å². The molecule has 5 atom stereocenters. The predicted molar refractivity (Wildman–Crippen MR) is 89.4 cm³/mol. The first-order chi connectivity index (χ1) is 11.5. The van der Waals surface area contributed by atoms with Crippen molar-refractivity contribution in [1.82, 2.24) is 16.0 Å². The molecule has 1 unspecified atom stereocenters. The van der Waals surface area contributed by atoms with E-state index in [4.69, 9.17) is 4.74 Å². The van der Waals surface area contributed by atoms with Gasteiger partial charge in [-0.05, 0) is 30.9 Å². The Morgan fingerprint density at radius 2 is 1.88 bits per heavy atom. The Hall–Kier alpha value is -2.08. The lowest BCUT2D eigenvalue weighted by Gasteiger charge is -2.12. The maximum atomic E-state index is 12.7. The van der Waals surface area contributed by atoms with E-state index in [0.29, 0.717) is 28.7 Å². The zero-order valence-electron chi connectivity index (χ0n) is 14.2. The minimum atomic E-state index is -0.227. The number of piperidine rings is 1. The highest BCUT2D eigenvalue weighted by molar-refractivity contribution is 6.02. The number of hydrogen-bond donors (Lipinski definition) is 3. The molecule has 128 valence electrons. The molecule has 3 N–H and O–H groups in total. The quantitative estimate of drug-likeness (QED) is 0.769. The van der Waals surface area contributed by atoms with E-state index in [9.17, 15) is 9.59 Å². The number of hydrogen-bond acceptors (Lipinski definition) is 4. The number of rotatable bonds is 3. The molecular formula is C18H23N3O3. The fourth-order valence-corrected chi connectivity index (χ4v) is 3.96. The van der Waals surface area contributed by atoms with Crippen molar-refractivity contribution in [2.45, 2.75) is 31.9 Å². The molecular weight excluding hydrogens is 306 g/mol. The van der Waals surface area contributed by atoms with Gasteiger partial charge in [-0.15, -0.1) is 0 Å². The molecule has 2 fully saturated rings. The van der Waals surface area contributed by atoms with E-state index in [1.165, 1.54) is 0 Å². The molecule has 1 aliphatic carbocycles. The van der Waals surface area contributed by atoms with Crippen molar-refractivity contribution in [3.63, 3.8) is 0 Å². The summed E-state index contributed by atoms with van der Waals surface area (Å²) in [6.45, 7) is 6.00. The number of carbonyl (C=O) groups is 2. The second-order valence-corrected chi connectivity index (χ2v) is 7.12. The first-order valence-electron chi connectivity index (χ1n) is 8.59. The predicted octanol–water partition coefficient (Wildman–Crippen LogP) is 0.878. The molecule has 2 heterocycles. The molecule has 4 rings (SSSR count). The Bertz CT molecular complexity index is 708. The van der Waals surface area contributed by atoms with Crippen LogP contribution in [0.25, 0.3) is 0 Å². The van der Waals surface area contributed by atoms with Gasteiger partial charge in [0.1, 0.15) is 11.9 Å². The Kier molecular flexibility index (Phi) is 3.53. The third-order valence-corrected chi connectivity index (χ3v) is 5.74. The smallest absolute Gasteiger partial charge is 0.254 e. The third-order valence-electron chi connectivity index (χ3n) is 5.74. The van der Waals surface area contributed by atoms with Gasteiger partial charge in [-0.3, -0.25) is 9.59 Å². The van der Waals surface area contributed by atoms with Crippen molar-refractivity contribution in [2.75, 3.05) is 20.1 Å². The van der Waals surface area contributed by atoms with Crippen molar-refractivity contribution in [2.24, 2.45) is 11.8 Å². The Morgan fingerprint density at radius 1 is 1.17 bits per heavy atom. The van der Waals surface area contributed by atoms with Crippen LogP contribution in [0.1, 0.15) is 46.0 Å². The van der Waals surface area contributed by atoms with Gasteiger partial charge in [-0.1, -0.05) is 6.92 Å². The monoisotopic (exact) mass is 329 g/mol. The molecule has 2 aliphatic heterocycles. The highest BCUT2D eigenvalue weighted by atomic mass is 16.5. The van der Waals surface area contributed by atoms with Crippen molar-refractivity contribution in [1.29, 1.82) is 0 Å². The number of carbonyl (C=O) groups excluding carboxylic acids is 2. The molecule has 3 aliphatic rings. The highest BCUT2D eigenvalue weighted by Crippen LogP contribution is 2.43. The summed E-state index contributed by atoms with van der Waals surface area (Å²) in [5.74, 6) is 1.55. The fraction of sp³-hybridized carbons (Fsp3) is 0.556. The van der Waals surface area contributed by atoms with Crippen LogP contribution in [-0.2, 0) is 0 Å². The summed E-state index contributed by atoms with van der Waals surface area (Å²) < 4.78 is 5.86. The summed E-state index contributed by atoms with van der Waals surface area (Å²) >= 11 is 0. The highest BCUT2D eigenvalue weighted by Gasteiger charge is 2.53. The van der Waals surface area contributed by atoms with Gasteiger partial charge in [0.05, 0.1) is 5.56 Å². The van der Waals surface area contributed by atoms with Crippen LogP contribution in [0.15, 0.2) is 12.1 Å². The summed E-state index contributed by atoms with van der Waals surface area (Å²) in [6.07, 6.45) is -0.00409. The van der Waals surface area contributed by atoms with Crippen molar-refractivity contribution >= 4 is 11.8 Å². The van der Waals surface area contributed by atoms with Crippen LogP contribution in [0.5, 0.6) is 5.75 Å². The molecule has 0 bridgehead atoms. The van der Waals surface area contributed by atoms with Crippen molar-refractivity contribution in [3.8, 4) is 5.75 Å². The summed E-state index contributed by atoms with van der Waals surface area (Å²) in [6, 6.07) is 3.79. The number of ether oxygens (including phenoxy) is 1. The Balaban J connectivity index is 1.63. The average Bonchev–Trinajstić information content (AvgIpc) is 2.92. The zero-order valence-corrected chi connectivity index (χ0v) is 14.2. The molecule has 0 spiro atoms. The second kappa shape index (κ2) is 5.48. The second-order valence-electron chi connectivity index (χ2n) is 7.12. The first kappa shape index (κ1) is 15.4. The number of amides is 2. The van der Waals surface area contributed by atoms with Gasteiger partial charge >= 0.3 is 0 Å². The van der Waals surface area contributed by atoms with Gasteiger partial charge in [-0.25, -0.2) is 0 Å². The Labute approximate surface area is 141 Å². The van der Waals surface area contributed by atoms with Crippen LogP contribution in [-0.4, -0.2) is 44.1 Å². The minimum Gasteiger partial charge on any atom is -0.489 e. The minimum absolute atomic E-state index is 0.00409. The lowest BCUT2D eigenvalue weighted by molar-refractivity contribution is 0.0946. The fourth-order valence-electron chi connectivity index (χ4n) is 3.96. The van der Waals surface area contributed by atoms with E-state index in [-0.39, 0.29) is 29.9 Å². The average molecular weight is 329 g/mol. The first-order valence-corrected chi connectivity index (χ1v) is 8.59. The van der Waals surface area contributed by atoms with Gasteiger partial charge in [0.2, 0.25) is 0 Å². The van der Waals surface area contributed by atoms with Crippen molar-refractivity contribution in [3.05, 3.63) is 28.8 Å². The molecule has 0 aromatic heterocycles. The molecule has 6 nitrogen and oxygen atoms in total. The van der Waals surface area contributed by atoms with Gasteiger partial charge in [0.25, 0.3) is 11.8 Å². The normalized spacial score (nSPS) is 32.5. The third kappa shape index (κ3) is 2.28. The van der Waals surface area contributed by atoms with E-state index in [1.54, 1.807) is 13.1 Å².